The van der Waals surface area contributed by atoms with Crippen LogP contribution in [0.25, 0.3) is 0 Å². The summed E-state index contributed by atoms with van der Waals surface area (Å²) in [7, 11) is 4.74. The average molecular weight is 402 g/mol. The Kier molecular flexibility index (Phi) is 6.59. The van der Waals surface area contributed by atoms with Gasteiger partial charge in [0, 0.05) is 24.6 Å². The number of ether oxygens (including phenoxy) is 3. The molecule has 0 radical (unpaired) electrons. The normalized spacial score (nSPS) is 18.9. The van der Waals surface area contributed by atoms with E-state index in [1.807, 2.05) is 19.1 Å². The maximum Gasteiger partial charge on any atom is 0.220 e. The molecule has 0 bridgehead atoms. The van der Waals surface area contributed by atoms with Crippen molar-refractivity contribution in [3.05, 3.63) is 52.8 Å². The largest absolute Gasteiger partial charge is 0.497 e. The topological polar surface area (TPSA) is 68.8 Å². The van der Waals surface area contributed by atoms with Crippen LogP contribution in [0.4, 0.5) is 4.39 Å². The van der Waals surface area contributed by atoms with Gasteiger partial charge in [0.15, 0.2) is 11.5 Å². The van der Waals surface area contributed by atoms with Crippen LogP contribution in [0.15, 0.2) is 30.3 Å². The maximum absolute atomic E-state index is 14.5. The zero-order valence-electron chi connectivity index (χ0n) is 17.2. The molecular formula is C22H27FN2O4. The van der Waals surface area contributed by atoms with Crippen LogP contribution in [-0.4, -0.2) is 33.3 Å². The van der Waals surface area contributed by atoms with E-state index in [0.717, 1.165) is 11.1 Å². The molecule has 1 aliphatic heterocycles. The summed E-state index contributed by atoms with van der Waals surface area (Å²) in [6.07, 6.45) is 1.00. The number of hydrogen-bond acceptors (Lipinski definition) is 5. The van der Waals surface area contributed by atoms with Gasteiger partial charge in [0.25, 0.3) is 0 Å². The lowest BCUT2D eigenvalue weighted by Gasteiger charge is -2.34. The van der Waals surface area contributed by atoms with E-state index in [4.69, 9.17) is 14.2 Å². The quantitative estimate of drug-likeness (QED) is 0.744. The fourth-order valence-electron chi connectivity index (χ4n) is 3.66. The molecule has 0 unspecified atom stereocenters. The fourth-order valence-corrected chi connectivity index (χ4v) is 3.66. The zero-order valence-corrected chi connectivity index (χ0v) is 17.2. The van der Waals surface area contributed by atoms with Gasteiger partial charge in [-0.25, -0.2) is 4.39 Å². The molecule has 2 aromatic rings. The third-order valence-corrected chi connectivity index (χ3v) is 5.34. The van der Waals surface area contributed by atoms with E-state index >= 15 is 0 Å². The molecule has 1 saturated heterocycles. The van der Waals surface area contributed by atoms with Crippen molar-refractivity contribution in [1.29, 1.82) is 0 Å². The molecular weight excluding hydrogens is 375 g/mol. The molecule has 2 N–H and O–H groups in total. The molecule has 1 amide bonds. The van der Waals surface area contributed by atoms with Crippen molar-refractivity contribution in [2.75, 3.05) is 21.3 Å². The van der Waals surface area contributed by atoms with Crippen LogP contribution >= 0.6 is 0 Å². The Balaban J connectivity index is 1.83. The Morgan fingerprint density at radius 2 is 1.83 bits per heavy atom. The second-order valence-electron chi connectivity index (χ2n) is 7.09. The van der Waals surface area contributed by atoms with Crippen LogP contribution in [0.5, 0.6) is 17.2 Å². The monoisotopic (exact) mass is 402 g/mol. The van der Waals surface area contributed by atoms with E-state index in [1.165, 1.54) is 13.2 Å². The van der Waals surface area contributed by atoms with Gasteiger partial charge in [0.05, 0.1) is 27.4 Å². The van der Waals surface area contributed by atoms with Gasteiger partial charge in [-0.1, -0.05) is 0 Å². The summed E-state index contributed by atoms with van der Waals surface area (Å²) in [4.78, 5) is 12.0. The second-order valence-corrected chi connectivity index (χ2v) is 7.09. The summed E-state index contributed by atoms with van der Waals surface area (Å²) < 4.78 is 30.5. The number of carbonyl (C=O) groups excluding carboxylic acids is 1. The lowest BCUT2D eigenvalue weighted by Crippen LogP contribution is -2.48. The Morgan fingerprint density at radius 1 is 1.10 bits per heavy atom. The number of piperidine rings is 1. The number of halogens is 1. The third kappa shape index (κ3) is 4.62. The molecule has 0 aliphatic carbocycles. The van der Waals surface area contributed by atoms with Crippen LogP contribution in [0.3, 0.4) is 0 Å². The van der Waals surface area contributed by atoms with Crippen molar-refractivity contribution in [3.8, 4) is 17.2 Å². The van der Waals surface area contributed by atoms with Gasteiger partial charge in [-0.05, 0) is 54.8 Å². The molecule has 1 fully saturated rings. The summed E-state index contributed by atoms with van der Waals surface area (Å²) in [6, 6.07) is 7.83. The van der Waals surface area contributed by atoms with Crippen molar-refractivity contribution in [2.24, 2.45) is 0 Å². The number of methoxy groups -OCH3 is 3. The first kappa shape index (κ1) is 20.9. The molecule has 7 heteroatoms. The summed E-state index contributed by atoms with van der Waals surface area (Å²) in [5.41, 5.74) is 2.52. The van der Waals surface area contributed by atoms with Crippen molar-refractivity contribution < 1.29 is 23.4 Å². The molecule has 3 rings (SSSR count). The van der Waals surface area contributed by atoms with Gasteiger partial charge in [-0.2, -0.15) is 0 Å². The van der Waals surface area contributed by atoms with Crippen LogP contribution in [0.2, 0.25) is 0 Å². The Bertz CT molecular complexity index is 887. The lowest BCUT2D eigenvalue weighted by molar-refractivity contribution is -0.123. The van der Waals surface area contributed by atoms with Crippen molar-refractivity contribution in [3.63, 3.8) is 0 Å². The van der Waals surface area contributed by atoms with Gasteiger partial charge in [0.2, 0.25) is 5.91 Å². The molecule has 156 valence electrons. The van der Waals surface area contributed by atoms with E-state index in [1.54, 1.807) is 26.4 Å². The summed E-state index contributed by atoms with van der Waals surface area (Å²) in [5, 5.41) is 6.41. The van der Waals surface area contributed by atoms with Crippen molar-refractivity contribution in [2.45, 2.75) is 38.4 Å². The predicted molar refractivity (Wildman–Crippen MR) is 108 cm³/mol. The first-order valence-electron chi connectivity index (χ1n) is 9.54. The summed E-state index contributed by atoms with van der Waals surface area (Å²) >= 11 is 0. The number of aryl methyl sites for hydroxylation is 1. The minimum atomic E-state index is -0.480. The van der Waals surface area contributed by atoms with Gasteiger partial charge < -0.3 is 24.8 Å². The molecule has 29 heavy (non-hydrogen) atoms. The molecule has 0 spiro atoms. The van der Waals surface area contributed by atoms with Crippen LogP contribution < -0.4 is 24.8 Å². The highest BCUT2D eigenvalue weighted by Crippen LogP contribution is 2.32. The van der Waals surface area contributed by atoms with Gasteiger partial charge >= 0.3 is 0 Å². The molecule has 2 atom stereocenters. The number of rotatable bonds is 7. The number of hydrogen-bond donors (Lipinski definition) is 2. The first-order valence-corrected chi connectivity index (χ1v) is 9.54. The minimum absolute atomic E-state index is 0.0856. The zero-order chi connectivity index (χ0) is 21.0. The smallest absolute Gasteiger partial charge is 0.220 e. The first-order chi connectivity index (χ1) is 14.0. The maximum atomic E-state index is 14.5. The van der Waals surface area contributed by atoms with Crippen molar-refractivity contribution >= 4 is 5.91 Å². The van der Waals surface area contributed by atoms with E-state index in [2.05, 4.69) is 10.6 Å². The van der Waals surface area contributed by atoms with Crippen molar-refractivity contribution in [1.82, 2.24) is 10.6 Å². The minimum Gasteiger partial charge on any atom is -0.497 e. The molecule has 6 nitrogen and oxygen atoms in total. The van der Waals surface area contributed by atoms with E-state index in [-0.39, 0.29) is 17.8 Å². The molecule has 1 heterocycles. The molecule has 0 aromatic heterocycles. The second kappa shape index (κ2) is 9.13. The van der Waals surface area contributed by atoms with Gasteiger partial charge in [-0.15, -0.1) is 0 Å². The standard InChI is InChI=1S/C22H27FN2O4/c1-13-9-19(28-3)20(29-4)10-14(13)12-24-18-7-8-21(26)25-22(18)16-11-15(27-2)5-6-17(16)23/h5-6,9-11,18,22,24H,7-8,12H2,1-4H3,(H,25,26)/t18-,22+/m1/s1. The highest BCUT2D eigenvalue weighted by atomic mass is 19.1. The number of carbonyl (C=O) groups is 1. The predicted octanol–water partition coefficient (Wildman–Crippen LogP) is 3.27. The summed E-state index contributed by atoms with van der Waals surface area (Å²) in [6.45, 7) is 2.55. The fraction of sp³-hybridized carbons (Fsp3) is 0.409. The van der Waals surface area contributed by atoms with Gasteiger partial charge in [-0.3, -0.25) is 4.79 Å². The number of benzene rings is 2. The van der Waals surface area contributed by atoms with Crippen LogP contribution in [0, 0.1) is 12.7 Å². The highest BCUT2D eigenvalue weighted by Gasteiger charge is 2.31. The summed E-state index contributed by atoms with van der Waals surface area (Å²) in [5.74, 6) is 1.43. The van der Waals surface area contributed by atoms with E-state index in [0.29, 0.717) is 42.2 Å². The average Bonchev–Trinajstić information content (AvgIpc) is 2.73. The van der Waals surface area contributed by atoms with Crippen LogP contribution in [0.1, 0.15) is 35.6 Å². The van der Waals surface area contributed by atoms with Crippen LogP contribution in [-0.2, 0) is 11.3 Å². The Hall–Kier alpha value is -2.80. The molecule has 1 aliphatic rings. The highest BCUT2D eigenvalue weighted by molar-refractivity contribution is 5.77. The Labute approximate surface area is 170 Å². The Morgan fingerprint density at radius 3 is 2.52 bits per heavy atom. The number of amides is 1. The van der Waals surface area contributed by atoms with Gasteiger partial charge in [0.1, 0.15) is 11.6 Å². The van der Waals surface area contributed by atoms with E-state index < -0.39 is 6.04 Å². The number of nitrogens with one attached hydrogen (secondary N) is 2. The van der Waals surface area contributed by atoms with E-state index in [9.17, 15) is 9.18 Å². The lowest BCUT2D eigenvalue weighted by atomic mass is 9.91. The SMILES string of the molecule is COc1ccc(F)c([C@@H]2NC(=O)CC[C@H]2NCc2cc(OC)c(OC)cc2C)c1. The third-order valence-electron chi connectivity index (χ3n) is 5.34. The molecule has 0 saturated carbocycles. The molecule has 2 aromatic carbocycles.